The van der Waals surface area contributed by atoms with Gasteiger partial charge in [-0.05, 0) is 26.2 Å². The van der Waals surface area contributed by atoms with Crippen LogP contribution >= 0.6 is 11.3 Å². The average Bonchev–Trinajstić information content (AvgIpc) is 3.18. The summed E-state index contributed by atoms with van der Waals surface area (Å²) in [5.74, 6) is 1.88. The highest BCUT2D eigenvalue weighted by atomic mass is 32.1. The molecule has 4 atom stereocenters. The van der Waals surface area contributed by atoms with Gasteiger partial charge in [-0.1, -0.05) is 25.7 Å². The molecule has 0 spiro atoms. The smallest absolute Gasteiger partial charge is 0.263 e. The molecule has 120 valence electrons. The lowest BCUT2D eigenvalue weighted by Crippen LogP contribution is -2.63. The van der Waals surface area contributed by atoms with Crippen molar-refractivity contribution in [1.82, 2.24) is 10.3 Å². The molecule has 4 nitrogen and oxygen atoms in total. The zero-order valence-electron chi connectivity index (χ0n) is 13.3. The number of carbonyl (C=O) groups is 1. The van der Waals surface area contributed by atoms with Crippen LogP contribution in [0.2, 0.25) is 0 Å². The molecule has 4 unspecified atom stereocenters. The zero-order valence-corrected chi connectivity index (χ0v) is 14.1. The molecule has 1 amide bonds. The van der Waals surface area contributed by atoms with Crippen LogP contribution in [-0.2, 0) is 4.74 Å². The van der Waals surface area contributed by atoms with E-state index in [-0.39, 0.29) is 5.91 Å². The summed E-state index contributed by atoms with van der Waals surface area (Å²) < 4.78 is 5.96. The molecule has 1 saturated heterocycles. The number of aromatic nitrogens is 1. The van der Waals surface area contributed by atoms with Gasteiger partial charge in [0.2, 0.25) is 0 Å². The van der Waals surface area contributed by atoms with Crippen molar-refractivity contribution in [2.45, 2.75) is 58.1 Å². The summed E-state index contributed by atoms with van der Waals surface area (Å²) in [5.41, 5.74) is 0.857. The number of fused-ring (bicyclic) bond motifs is 1. The Morgan fingerprint density at radius 1 is 1.27 bits per heavy atom. The normalized spacial score (nSPS) is 34.5. The van der Waals surface area contributed by atoms with E-state index in [1.54, 1.807) is 0 Å². The van der Waals surface area contributed by atoms with Crippen LogP contribution in [0.25, 0.3) is 0 Å². The van der Waals surface area contributed by atoms with Crippen molar-refractivity contribution in [3.8, 4) is 0 Å². The maximum absolute atomic E-state index is 12.6. The van der Waals surface area contributed by atoms with Crippen LogP contribution in [-0.4, -0.2) is 29.6 Å². The number of thiazole rings is 1. The predicted molar refractivity (Wildman–Crippen MR) is 86.1 cm³/mol. The molecule has 4 rings (SSSR count). The van der Waals surface area contributed by atoms with Crippen LogP contribution < -0.4 is 5.32 Å². The molecular formula is C17H24N2O2S. The van der Waals surface area contributed by atoms with E-state index in [0.717, 1.165) is 34.5 Å². The second-order valence-electron chi connectivity index (χ2n) is 7.06. The van der Waals surface area contributed by atoms with E-state index in [1.165, 1.54) is 37.0 Å². The maximum Gasteiger partial charge on any atom is 0.263 e. The lowest BCUT2D eigenvalue weighted by Gasteiger charge is -2.50. The summed E-state index contributed by atoms with van der Waals surface area (Å²) in [6.07, 6.45) is 6.79. The Labute approximate surface area is 135 Å². The molecular weight excluding hydrogens is 296 g/mol. The van der Waals surface area contributed by atoms with E-state index >= 15 is 0 Å². The minimum absolute atomic E-state index is 0.0708. The van der Waals surface area contributed by atoms with Gasteiger partial charge >= 0.3 is 0 Å². The number of ether oxygens (including phenoxy) is 1. The van der Waals surface area contributed by atoms with Gasteiger partial charge in [-0.2, -0.15) is 0 Å². The first-order valence-corrected chi connectivity index (χ1v) is 9.33. The van der Waals surface area contributed by atoms with E-state index in [1.807, 2.05) is 13.8 Å². The van der Waals surface area contributed by atoms with Crippen molar-refractivity contribution < 1.29 is 9.53 Å². The molecule has 0 aromatic carbocycles. The van der Waals surface area contributed by atoms with Crippen molar-refractivity contribution in [1.29, 1.82) is 0 Å². The number of carbonyl (C=O) groups excluding carboxylic acids is 1. The lowest BCUT2D eigenvalue weighted by molar-refractivity contribution is -0.0784. The molecule has 2 aliphatic carbocycles. The molecule has 1 N–H and O–H groups in total. The van der Waals surface area contributed by atoms with Crippen LogP contribution in [0.15, 0.2) is 0 Å². The van der Waals surface area contributed by atoms with Crippen LogP contribution in [0, 0.1) is 31.6 Å². The molecule has 1 aromatic heterocycles. The largest absolute Gasteiger partial charge is 0.377 e. The van der Waals surface area contributed by atoms with E-state index in [9.17, 15) is 4.79 Å². The molecule has 22 heavy (non-hydrogen) atoms. The van der Waals surface area contributed by atoms with Crippen LogP contribution in [0.3, 0.4) is 0 Å². The molecule has 3 aliphatic rings. The highest BCUT2D eigenvalue weighted by Gasteiger charge is 2.57. The third-order valence-electron chi connectivity index (χ3n) is 5.79. The number of nitrogens with one attached hydrogen (secondary N) is 1. The van der Waals surface area contributed by atoms with Crippen LogP contribution in [0.4, 0.5) is 0 Å². The fourth-order valence-electron chi connectivity index (χ4n) is 4.82. The van der Waals surface area contributed by atoms with E-state index in [2.05, 4.69) is 10.3 Å². The van der Waals surface area contributed by atoms with E-state index < -0.39 is 0 Å². The minimum Gasteiger partial charge on any atom is -0.377 e. The fourth-order valence-corrected chi connectivity index (χ4v) is 5.64. The lowest BCUT2D eigenvalue weighted by atomic mass is 9.61. The van der Waals surface area contributed by atoms with E-state index in [0.29, 0.717) is 24.0 Å². The zero-order chi connectivity index (χ0) is 15.3. The van der Waals surface area contributed by atoms with Gasteiger partial charge in [-0.3, -0.25) is 4.79 Å². The molecule has 3 fully saturated rings. The topological polar surface area (TPSA) is 51.2 Å². The quantitative estimate of drug-likeness (QED) is 0.931. The fraction of sp³-hybridized carbons (Fsp3) is 0.765. The Hall–Kier alpha value is -0.940. The highest BCUT2D eigenvalue weighted by molar-refractivity contribution is 7.13. The molecule has 2 heterocycles. The van der Waals surface area contributed by atoms with Gasteiger partial charge in [-0.25, -0.2) is 4.98 Å². The van der Waals surface area contributed by atoms with Crippen molar-refractivity contribution >= 4 is 17.2 Å². The Kier molecular flexibility index (Phi) is 3.73. The van der Waals surface area contributed by atoms with Crippen molar-refractivity contribution in [3.63, 3.8) is 0 Å². The Bertz CT molecular complexity index is 574. The summed E-state index contributed by atoms with van der Waals surface area (Å²) in [5, 5.41) is 4.30. The van der Waals surface area contributed by atoms with E-state index in [4.69, 9.17) is 4.74 Å². The summed E-state index contributed by atoms with van der Waals surface area (Å²) in [4.78, 5) is 17.8. The molecule has 1 aromatic rings. The molecule has 2 saturated carbocycles. The van der Waals surface area contributed by atoms with Crippen molar-refractivity contribution in [2.24, 2.45) is 17.8 Å². The molecule has 0 bridgehead atoms. The number of rotatable bonds is 3. The predicted octanol–water partition coefficient (Wildman–Crippen LogP) is 3.08. The third-order valence-corrected chi connectivity index (χ3v) is 6.86. The Balaban J connectivity index is 1.50. The average molecular weight is 320 g/mol. The number of hydrogen-bond donors (Lipinski definition) is 1. The monoisotopic (exact) mass is 320 g/mol. The van der Waals surface area contributed by atoms with Crippen LogP contribution in [0.5, 0.6) is 0 Å². The molecule has 0 radical (unpaired) electrons. The number of aryl methyl sites for hydroxylation is 2. The minimum atomic E-state index is 0.0708. The Morgan fingerprint density at radius 3 is 2.73 bits per heavy atom. The van der Waals surface area contributed by atoms with Gasteiger partial charge in [0.15, 0.2) is 0 Å². The standard InChI is InChI=1S/C17H24N2O2S/c1-9-16(22-10(2)18-9)17(20)19-14-12-7-8-21-15(12)13(14)11-5-3-4-6-11/h11-15H,3-8H2,1-2H3,(H,19,20). The molecule has 1 aliphatic heterocycles. The summed E-state index contributed by atoms with van der Waals surface area (Å²) in [7, 11) is 0. The highest BCUT2D eigenvalue weighted by Crippen LogP contribution is 2.51. The number of nitrogens with zero attached hydrogens (tertiary/aromatic N) is 1. The number of amides is 1. The van der Waals surface area contributed by atoms with Crippen molar-refractivity contribution in [3.05, 3.63) is 15.6 Å². The number of hydrogen-bond acceptors (Lipinski definition) is 4. The molecule has 5 heteroatoms. The summed E-state index contributed by atoms with van der Waals surface area (Å²) >= 11 is 1.50. The maximum atomic E-state index is 12.6. The first-order valence-electron chi connectivity index (χ1n) is 8.51. The van der Waals surface area contributed by atoms with Gasteiger partial charge in [0.1, 0.15) is 4.88 Å². The van der Waals surface area contributed by atoms with Gasteiger partial charge < -0.3 is 10.1 Å². The SMILES string of the molecule is Cc1nc(C)c(C(=O)NC2C3CCOC3C2C2CCCC2)s1. The van der Waals surface area contributed by atoms with Gasteiger partial charge in [0.25, 0.3) is 5.91 Å². The van der Waals surface area contributed by atoms with Gasteiger partial charge in [0, 0.05) is 24.5 Å². The second-order valence-corrected chi connectivity index (χ2v) is 8.26. The van der Waals surface area contributed by atoms with Crippen LogP contribution in [0.1, 0.15) is 52.5 Å². The van der Waals surface area contributed by atoms with Gasteiger partial charge in [0.05, 0.1) is 16.8 Å². The third kappa shape index (κ3) is 2.29. The first-order chi connectivity index (χ1) is 10.6. The van der Waals surface area contributed by atoms with Gasteiger partial charge in [-0.15, -0.1) is 11.3 Å². The van der Waals surface area contributed by atoms with Crippen molar-refractivity contribution in [2.75, 3.05) is 6.61 Å². The second kappa shape index (κ2) is 5.60. The summed E-state index contributed by atoms with van der Waals surface area (Å²) in [6, 6.07) is 0.310. The summed E-state index contributed by atoms with van der Waals surface area (Å²) in [6.45, 7) is 4.75. The Morgan fingerprint density at radius 2 is 2.05 bits per heavy atom. The first kappa shape index (κ1) is 14.6.